The zero-order valence-electron chi connectivity index (χ0n) is 14.2. The van der Waals surface area contributed by atoms with Crippen molar-refractivity contribution in [1.29, 1.82) is 0 Å². The van der Waals surface area contributed by atoms with Crippen LogP contribution in [0.1, 0.15) is 34.3 Å². The van der Waals surface area contributed by atoms with Gasteiger partial charge in [-0.05, 0) is 42.5 Å². The molecule has 6 nitrogen and oxygen atoms in total. The molecule has 132 valence electrons. The highest BCUT2D eigenvalue weighted by molar-refractivity contribution is 5.96. The van der Waals surface area contributed by atoms with Crippen LogP contribution in [0.5, 0.6) is 0 Å². The third-order valence-electron chi connectivity index (χ3n) is 4.84. The monoisotopic (exact) mass is 341 g/mol. The minimum atomic E-state index is -0.196. The molecule has 0 aromatic heterocycles. The number of piperidine rings is 1. The van der Waals surface area contributed by atoms with Crippen LogP contribution >= 0.6 is 0 Å². The molecular weight excluding hydrogens is 318 g/mol. The topological polar surface area (TPSA) is 78.5 Å². The Labute approximate surface area is 147 Å². The average Bonchev–Trinajstić information content (AvgIpc) is 2.66. The number of hydrogen-bond donors (Lipinski definition) is 2. The molecule has 0 radical (unpaired) electrons. The van der Waals surface area contributed by atoms with E-state index in [-0.39, 0.29) is 23.6 Å². The summed E-state index contributed by atoms with van der Waals surface area (Å²) in [6, 6.07) is 5.76. The highest BCUT2D eigenvalue weighted by Gasteiger charge is 2.27. The lowest BCUT2D eigenvalue weighted by molar-refractivity contribution is -0.132. The number of rotatable bonds is 4. The van der Waals surface area contributed by atoms with Gasteiger partial charge in [-0.2, -0.15) is 0 Å². The third kappa shape index (κ3) is 3.90. The summed E-state index contributed by atoms with van der Waals surface area (Å²) in [6.07, 6.45) is 3.72. The fraction of sp³-hybridized carbons (Fsp3) is 0.421. The Morgan fingerprint density at radius 3 is 3.04 bits per heavy atom. The van der Waals surface area contributed by atoms with Gasteiger partial charge in [-0.25, -0.2) is 0 Å². The first kappa shape index (κ1) is 17.2. The van der Waals surface area contributed by atoms with Crippen molar-refractivity contribution >= 4 is 17.7 Å². The summed E-state index contributed by atoms with van der Waals surface area (Å²) in [5.41, 5.74) is 2.64. The number of nitrogens with zero attached hydrogens (tertiary/aromatic N) is 1. The fourth-order valence-corrected chi connectivity index (χ4v) is 3.42. The van der Waals surface area contributed by atoms with Gasteiger partial charge in [-0.15, -0.1) is 0 Å². The van der Waals surface area contributed by atoms with Crippen molar-refractivity contribution in [2.45, 2.75) is 25.8 Å². The molecule has 6 heteroatoms. The molecule has 2 heterocycles. The van der Waals surface area contributed by atoms with Crippen molar-refractivity contribution < 1.29 is 14.4 Å². The van der Waals surface area contributed by atoms with E-state index < -0.39 is 0 Å². The summed E-state index contributed by atoms with van der Waals surface area (Å²) in [4.78, 5) is 37.7. The molecule has 3 amide bonds. The minimum Gasteiger partial charge on any atom is -0.352 e. The second kappa shape index (κ2) is 7.51. The Morgan fingerprint density at radius 2 is 2.24 bits per heavy atom. The molecule has 1 aromatic carbocycles. The summed E-state index contributed by atoms with van der Waals surface area (Å²) in [5.74, 6) is -0.430. The van der Waals surface area contributed by atoms with Gasteiger partial charge in [-0.3, -0.25) is 14.4 Å². The molecule has 3 rings (SSSR count). The highest BCUT2D eigenvalue weighted by Crippen LogP contribution is 2.18. The number of amides is 3. The van der Waals surface area contributed by atoms with Gasteiger partial charge < -0.3 is 15.5 Å². The van der Waals surface area contributed by atoms with Crippen molar-refractivity contribution in [3.8, 4) is 0 Å². The van der Waals surface area contributed by atoms with E-state index in [0.29, 0.717) is 31.7 Å². The molecule has 1 saturated heterocycles. The van der Waals surface area contributed by atoms with Gasteiger partial charge in [-0.1, -0.05) is 18.7 Å². The molecule has 1 aromatic rings. The van der Waals surface area contributed by atoms with Gasteiger partial charge in [0.25, 0.3) is 5.91 Å². The molecule has 1 unspecified atom stereocenters. The fourth-order valence-electron chi connectivity index (χ4n) is 3.42. The van der Waals surface area contributed by atoms with E-state index in [1.165, 1.54) is 6.08 Å². The van der Waals surface area contributed by atoms with Crippen molar-refractivity contribution in [2.75, 3.05) is 19.6 Å². The van der Waals surface area contributed by atoms with E-state index in [0.717, 1.165) is 30.4 Å². The SMILES string of the molecule is C=CC(=O)N1CCCC(C(=O)NCc2ccc3c(c2)C(=O)NCC3)C1. The summed E-state index contributed by atoms with van der Waals surface area (Å²) in [6.45, 7) is 5.66. The van der Waals surface area contributed by atoms with E-state index in [4.69, 9.17) is 0 Å². The van der Waals surface area contributed by atoms with E-state index in [2.05, 4.69) is 17.2 Å². The molecular formula is C19H23N3O3. The standard InChI is InChI=1S/C19H23N3O3/c1-2-17(23)22-9-3-4-15(12-22)18(24)21-11-13-5-6-14-7-8-20-19(25)16(14)10-13/h2,5-6,10,15H,1,3-4,7-9,11-12H2,(H,20,25)(H,21,24). The highest BCUT2D eigenvalue weighted by atomic mass is 16.2. The molecule has 0 saturated carbocycles. The number of benzene rings is 1. The maximum absolute atomic E-state index is 12.4. The first-order valence-corrected chi connectivity index (χ1v) is 8.67. The van der Waals surface area contributed by atoms with E-state index >= 15 is 0 Å². The van der Waals surface area contributed by atoms with Crippen LogP contribution in [-0.2, 0) is 22.6 Å². The number of hydrogen-bond acceptors (Lipinski definition) is 3. The van der Waals surface area contributed by atoms with Crippen molar-refractivity contribution in [3.05, 3.63) is 47.5 Å². The molecule has 1 fully saturated rings. The first-order valence-electron chi connectivity index (χ1n) is 8.67. The zero-order valence-corrected chi connectivity index (χ0v) is 14.2. The first-order chi connectivity index (χ1) is 12.1. The zero-order chi connectivity index (χ0) is 17.8. The van der Waals surface area contributed by atoms with Gasteiger partial charge in [0.05, 0.1) is 5.92 Å². The number of likely N-dealkylation sites (tertiary alicyclic amines) is 1. The van der Waals surface area contributed by atoms with E-state index in [9.17, 15) is 14.4 Å². The Bertz CT molecular complexity index is 714. The van der Waals surface area contributed by atoms with Crippen molar-refractivity contribution in [3.63, 3.8) is 0 Å². The van der Waals surface area contributed by atoms with Gasteiger partial charge in [0, 0.05) is 31.7 Å². The quantitative estimate of drug-likeness (QED) is 0.803. The van der Waals surface area contributed by atoms with Crippen molar-refractivity contribution in [2.24, 2.45) is 5.92 Å². The lowest BCUT2D eigenvalue weighted by Gasteiger charge is -2.31. The van der Waals surface area contributed by atoms with Gasteiger partial charge in [0.2, 0.25) is 11.8 Å². The summed E-state index contributed by atoms with van der Waals surface area (Å²) in [7, 11) is 0. The molecule has 0 aliphatic carbocycles. The maximum atomic E-state index is 12.4. The van der Waals surface area contributed by atoms with Crippen LogP contribution in [0.15, 0.2) is 30.9 Å². The van der Waals surface area contributed by atoms with Crippen LogP contribution in [-0.4, -0.2) is 42.3 Å². The van der Waals surface area contributed by atoms with Crippen LogP contribution in [0, 0.1) is 5.92 Å². The number of fused-ring (bicyclic) bond motifs is 1. The predicted octanol–water partition coefficient (Wildman–Crippen LogP) is 1.01. The summed E-state index contributed by atoms with van der Waals surface area (Å²) in [5, 5.41) is 5.76. The third-order valence-corrected chi connectivity index (χ3v) is 4.84. The van der Waals surface area contributed by atoms with Crippen LogP contribution in [0.3, 0.4) is 0 Å². The largest absolute Gasteiger partial charge is 0.352 e. The van der Waals surface area contributed by atoms with Crippen LogP contribution in [0.25, 0.3) is 0 Å². The molecule has 0 bridgehead atoms. The number of carbonyl (C=O) groups excluding carboxylic acids is 3. The Balaban J connectivity index is 1.59. The van der Waals surface area contributed by atoms with Gasteiger partial charge in [0.1, 0.15) is 0 Å². The maximum Gasteiger partial charge on any atom is 0.251 e. The van der Waals surface area contributed by atoms with Crippen molar-refractivity contribution in [1.82, 2.24) is 15.5 Å². The second-order valence-electron chi connectivity index (χ2n) is 6.54. The lowest BCUT2D eigenvalue weighted by atomic mass is 9.96. The molecule has 0 spiro atoms. The second-order valence-corrected chi connectivity index (χ2v) is 6.54. The predicted molar refractivity (Wildman–Crippen MR) is 93.8 cm³/mol. The molecule has 2 aliphatic heterocycles. The lowest BCUT2D eigenvalue weighted by Crippen LogP contribution is -2.44. The Kier molecular flexibility index (Phi) is 5.16. The minimum absolute atomic E-state index is 0.0521. The Hall–Kier alpha value is -2.63. The van der Waals surface area contributed by atoms with Crippen LogP contribution < -0.4 is 10.6 Å². The normalized spacial score (nSPS) is 19.6. The number of carbonyl (C=O) groups is 3. The number of nitrogens with one attached hydrogen (secondary N) is 2. The summed E-state index contributed by atoms with van der Waals surface area (Å²) >= 11 is 0. The molecule has 25 heavy (non-hydrogen) atoms. The Morgan fingerprint density at radius 1 is 1.40 bits per heavy atom. The van der Waals surface area contributed by atoms with E-state index in [1.54, 1.807) is 4.90 Å². The van der Waals surface area contributed by atoms with Crippen LogP contribution in [0.4, 0.5) is 0 Å². The molecule has 2 N–H and O–H groups in total. The molecule has 1 atom stereocenters. The average molecular weight is 341 g/mol. The smallest absolute Gasteiger partial charge is 0.251 e. The van der Waals surface area contributed by atoms with E-state index in [1.807, 2.05) is 18.2 Å². The molecule has 2 aliphatic rings. The summed E-state index contributed by atoms with van der Waals surface area (Å²) < 4.78 is 0. The van der Waals surface area contributed by atoms with Gasteiger partial charge >= 0.3 is 0 Å². The van der Waals surface area contributed by atoms with Crippen LogP contribution in [0.2, 0.25) is 0 Å². The van der Waals surface area contributed by atoms with Gasteiger partial charge in [0.15, 0.2) is 0 Å².